The van der Waals surface area contributed by atoms with Crippen molar-refractivity contribution in [2.24, 2.45) is 5.92 Å². The number of hydrogen-bond acceptors (Lipinski definition) is 2. The van der Waals surface area contributed by atoms with E-state index in [0.717, 1.165) is 36.8 Å². The molecular weight excluding hydrogens is 246 g/mol. The lowest BCUT2D eigenvalue weighted by molar-refractivity contribution is 0.432. The Labute approximate surface area is 122 Å². The minimum Gasteiger partial charge on any atom is -0.327 e. The lowest BCUT2D eigenvalue weighted by Gasteiger charge is -2.16. The first kappa shape index (κ1) is 15.0. The molecule has 2 rings (SSSR count). The Hall–Kier alpha value is -1.35. The number of aromatic nitrogens is 2. The predicted molar refractivity (Wildman–Crippen MR) is 85.8 cm³/mol. The number of benzene rings is 1. The summed E-state index contributed by atoms with van der Waals surface area (Å²) in [7, 11) is 0. The highest BCUT2D eigenvalue weighted by Crippen LogP contribution is 2.17. The fourth-order valence-electron chi connectivity index (χ4n) is 2.79. The van der Waals surface area contributed by atoms with Crippen LogP contribution in [0.4, 0.5) is 0 Å². The van der Waals surface area contributed by atoms with Gasteiger partial charge >= 0.3 is 0 Å². The maximum absolute atomic E-state index is 4.78. The summed E-state index contributed by atoms with van der Waals surface area (Å²) in [5.74, 6) is 1.88. The molecule has 1 aromatic heterocycles. The third-order valence-corrected chi connectivity index (χ3v) is 3.61. The van der Waals surface area contributed by atoms with Gasteiger partial charge < -0.3 is 9.88 Å². The van der Waals surface area contributed by atoms with Gasteiger partial charge in [-0.25, -0.2) is 4.98 Å². The zero-order valence-corrected chi connectivity index (χ0v) is 13.2. The second-order valence-electron chi connectivity index (χ2n) is 6.08. The van der Waals surface area contributed by atoms with Crippen molar-refractivity contribution in [2.45, 2.75) is 59.7 Å². The lowest BCUT2D eigenvalue weighted by atomic mass is 10.1. The number of aryl methyl sites for hydroxylation is 1. The Kier molecular flexibility index (Phi) is 5.18. The summed E-state index contributed by atoms with van der Waals surface area (Å²) < 4.78 is 2.35. The van der Waals surface area contributed by atoms with E-state index in [1.54, 1.807) is 0 Å². The molecule has 2 aromatic rings. The first-order chi connectivity index (χ1) is 9.61. The fourth-order valence-corrected chi connectivity index (χ4v) is 2.79. The van der Waals surface area contributed by atoms with Crippen LogP contribution in [-0.4, -0.2) is 15.6 Å². The standard InChI is InChI=1S/C17H27N3/c1-5-10-20-16-9-7-6-8-15(16)19-17(20)12-18-14(4)11-13(2)3/h6-9,13-14,18H,5,10-12H2,1-4H3. The highest BCUT2D eigenvalue weighted by molar-refractivity contribution is 5.75. The minimum absolute atomic E-state index is 0.532. The number of rotatable bonds is 7. The highest BCUT2D eigenvalue weighted by atomic mass is 15.1. The van der Waals surface area contributed by atoms with E-state index in [4.69, 9.17) is 4.98 Å². The van der Waals surface area contributed by atoms with Crippen LogP contribution in [0.2, 0.25) is 0 Å². The Morgan fingerprint density at radius 1 is 1.20 bits per heavy atom. The van der Waals surface area contributed by atoms with Gasteiger partial charge in [-0.2, -0.15) is 0 Å². The average molecular weight is 273 g/mol. The minimum atomic E-state index is 0.532. The summed E-state index contributed by atoms with van der Waals surface area (Å²) in [5, 5.41) is 3.61. The normalized spacial score (nSPS) is 13.2. The molecule has 0 saturated carbocycles. The number of nitrogens with zero attached hydrogens (tertiary/aromatic N) is 2. The van der Waals surface area contributed by atoms with Gasteiger partial charge in [0.05, 0.1) is 17.6 Å². The molecule has 1 heterocycles. The van der Waals surface area contributed by atoms with E-state index in [1.807, 2.05) is 0 Å². The number of hydrogen-bond donors (Lipinski definition) is 1. The maximum atomic E-state index is 4.78. The largest absolute Gasteiger partial charge is 0.327 e. The topological polar surface area (TPSA) is 29.9 Å². The quantitative estimate of drug-likeness (QED) is 0.827. The molecule has 0 spiro atoms. The van der Waals surface area contributed by atoms with E-state index in [-0.39, 0.29) is 0 Å². The van der Waals surface area contributed by atoms with Crippen LogP contribution >= 0.6 is 0 Å². The zero-order valence-electron chi connectivity index (χ0n) is 13.2. The van der Waals surface area contributed by atoms with E-state index in [2.05, 4.69) is 61.8 Å². The SMILES string of the molecule is CCCn1c(CNC(C)CC(C)C)nc2ccccc21. The van der Waals surface area contributed by atoms with Crippen LogP contribution in [0.5, 0.6) is 0 Å². The van der Waals surface area contributed by atoms with Crippen molar-refractivity contribution < 1.29 is 0 Å². The van der Waals surface area contributed by atoms with Crippen molar-refractivity contribution in [1.29, 1.82) is 0 Å². The van der Waals surface area contributed by atoms with E-state index >= 15 is 0 Å². The van der Waals surface area contributed by atoms with Crippen LogP contribution < -0.4 is 5.32 Å². The van der Waals surface area contributed by atoms with Gasteiger partial charge in [0.25, 0.3) is 0 Å². The van der Waals surface area contributed by atoms with Crippen molar-refractivity contribution in [3.63, 3.8) is 0 Å². The number of nitrogens with one attached hydrogen (secondary N) is 1. The van der Waals surface area contributed by atoms with Crippen LogP contribution in [0.1, 0.15) is 46.4 Å². The van der Waals surface area contributed by atoms with Crippen LogP contribution in [0.25, 0.3) is 11.0 Å². The summed E-state index contributed by atoms with van der Waals surface area (Å²) in [6.07, 6.45) is 2.34. The van der Waals surface area contributed by atoms with Gasteiger partial charge in [0.2, 0.25) is 0 Å². The first-order valence-corrected chi connectivity index (χ1v) is 7.79. The van der Waals surface area contributed by atoms with E-state index in [0.29, 0.717) is 6.04 Å². The number of imidazole rings is 1. The summed E-state index contributed by atoms with van der Waals surface area (Å²) in [6, 6.07) is 8.95. The first-order valence-electron chi connectivity index (χ1n) is 7.79. The van der Waals surface area contributed by atoms with E-state index in [9.17, 15) is 0 Å². The van der Waals surface area contributed by atoms with Gasteiger partial charge in [-0.15, -0.1) is 0 Å². The Morgan fingerprint density at radius 2 is 1.95 bits per heavy atom. The molecule has 20 heavy (non-hydrogen) atoms. The predicted octanol–water partition coefficient (Wildman–Crippen LogP) is 3.97. The molecule has 3 nitrogen and oxygen atoms in total. The molecule has 1 atom stereocenters. The average Bonchev–Trinajstić information content (AvgIpc) is 2.75. The third kappa shape index (κ3) is 3.60. The second-order valence-corrected chi connectivity index (χ2v) is 6.08. The molecule has 0 aliphatic rings. The molecule has 110 valence electrons. The molecular formula is C17H27N3. The molecule has 0 bridgehead atoms. The summed E-state index contributed by atoms with van der Waals surface area (Å²) in [4.78, 5) is 4.78. The Balaban J connectivity index is 2.14. The second kappa shape index (κ2) is 6.89. The summed E-state index contributed by atoms with van der Waals surface area (Å²) >= 11 is 0. The fraction of sp³-hybridized carbons (Fsp3) is 0.588. The molecule has 1 N–H and O–H groups in total. The lowest BCUT2D eigenvalue weighted by Crippen LogP contribution is -2.28. The highest BCUT2D eigenvalue weighted by Gasteiger charge is 2.11. The molecule has 0 fully saturated rings. The molecule has 0 saturated heterocycles. The molecule has 0 aliphatic carbocycles. The van der Waals surface area contributed by atoms with Gasteiger partial charge in [0, 0.05) is 12.6 Å². The zero-order chi connectivity index (χ0) is 14.5. The maximum Gasteiger partial charge on any atom is 0.123 e. The van der Waals surface area contributed by atoms with Gasteiger partial charge in [-0.05, 0) is 37.8 Å². The third-order valence-electron chi connectivity index (χ3n) is 3.61. The molecule has 0 radical (unpaired) electrons. The van der Waals surface area contributed by atoms with Crippen LogP contribution in [0.15, 0.2) is 24.3 Å². The van der Waals surface area contributed by atoms with E-state index in [1.165, 1.54) is 11.9 Å². The monoisotopic (exact) mass is 273 g/mol. The summed E-state index contributed by atoms with van der Waals surface area (Å²) in [6.45, 7) is 10.9. The van der Waals surface area contributed by atoms with E-state index < -0.39 is 0 Å². The smallest absolute Gasteiger partial charge is 0.123 e. The van der Waals surface area contributed by atoms with Crippen molar-refractivity contribution in [3.8, 4) is 0 Å². The molecule has 0 aliphatic heterocycles. The van der Waals surface area contributed by atoms with Crippen molar-refractivity contribution in [3.05, 3.63) is 30.1 Å². The van der Waals surface area contributed by atoms with Crippen LogP contribution in [-0.2, 0) is 13.1 Å². The Morgan fingerprint density at radius 3 is 2.65 bits per heavy atom. The van der Waals surface area contributed by atoms with Gasteiger partial charge in [-0.1, -0.05) is 32.9 Å². The Bertz CT molecular complexity index is 542. The van der Waals surface area contributed by atoms with Gasteiger partial charge in [-0.3, -0.25) is 0 Å². The summed E-state index contributed by atoms with van der Waals surface area (Å²) in [5.41, 5.74) is 2.36. The number of para-hydroxylation sites is 2. The van der Waals surface area contributed by atoms with Gasteiger partial charge in [0.1, 0.15) is 5.82 Å². The van der Waals surface area contributed by atoms with Crippen LogP contribution in [0.3, 0.4) is 0 Å². The number of fused-ring (bicyclic) bond motifs is 1. The van der Waals surface area contributed by atoms with Crippen LogP contribution in [0, 0.1) is 5.92 Å². The van der Waals surface area contributed by atoms with Crippen molar-refractivity contribution >= 4 is 11.0 Å². The van der Waals surface area contributed by atoms with Gasteiger partial charge in [0.15, 0.2) is 0 Å². The van der Waals surface area contributed by atoms with Crippen molar-refractivity contribution in [1.82, 2.24) is 14.9 Å². The molecule has 1 unspecified atom stereocenters. The van der Waals surface area contributed by atoms with Crippen molar-refractivity contribution in [2.75, 3.05) is 0 Å². The molecule has 3 heteroatoms. The molecule has 1 aromatic carbocycles. The molecule has 0 amide bonds.